The lowest BCUT2D eigenvalue weighted by atomic mass is 9.96. The van der Waals surface area contributed by atoms with Gasteiger partial charge in [-0.2, -0.15) is 0 Å². The minimum absolute atomic E-state index is 0.199. The van der Waals surface area contributed by atoms with E-state index >= 15 is 0 Å². The van der Waals surface area contributed by atoms with Gasteiger partial charge in [-0.25, -0.2) is 0 Å². The Morgan fingerprint density at radius 1 is 0.457 bits per heavy atom. The van der Waals surface area contributed by atoms with Crippen LogP contribution >= 0.6 is 0 Å². The second-order valence-electron chi connectivity index (χ2n) is 21.4. The Morgan fingerprint density at radius 3 is 1.38 bits per heavy atom. The van der Waals surface area contributed by atoms with Gasteiger partial charge in [0.2, 0.25) is 5.91 Å². The fourth-order valence-electron chi connectivity index (χ4n) is 9.68. The fraction of sp³-hybridized carbons (Fsp3) is 0.758. The van der Waals surface area contributed by atoms with Crippen LogP contribution in [0.25, 0.3) is 0 Å². The van der Waals surface area contributed by atoms with Gasteiger partial charge < -0.3 is 89.9 Å². The van der Waals surface area contributed by atoms with Crippen molar-refractivity contribution in [3.05, 3.63) is 85.1 Å². The van der Waals surface area contributed by atoms with Crippen LogP contribution in [0.2, 0.25) is 0 Å². The smallest absolute Gasteiger partial charge is 0.220 e. The zero-order valence-electron chi connectivity index (χ0n) is 48.5. The van der Waals surface area contributed by atoms with Gasteiger partial charge in [-0.3, -0.25) is 4.79 Å². The molecule has 19 heteroatoms. The molecule has 1 amide bonds. The van der Waals surface area contributed by atoms with Crippen molar-refractivity contribution in [2.75, 3.05) is 26.4 Å². The second-order valence-corrected chi connectivity index (χ2v) is 21.4. The Bertz CT molecular complexity index is 1810. The van der Waals surface area contributed by atoms with Crippen molar-refractivity contribution < 1.29 is 89.4 Å². The van der Waals surface area contributed by atoms with Gasteiger partial charge in [0.25, 0.3) is 0 Å². The first-order valence-corrected chi connectivity index (χ1v) is 30.3. The highest BCUT2D eigenvalue weighted by Crippen LogP contribution is 2.33. The average molecular weight is 1150 g/mol. The molecule has 0 saturated carbocycles. The number of aliphatic hydroxyl groups is 11. The molecule has 0 aromatic rings. The van der Waals surface area contributed by atoms with Gasteiger partial charge >= 0.3 is 0 Å². The Balaban J connectivity index is 1.53. The number of carbonyl (C=O) groups excluding carboxylic acids is 1. The van der Waals surface area contributed by atoms with E-state index in [9.17, 15) is 61.0 Å². The summed E-state index contributed by atoms with van der Waals surface area (Å²) in [5.74, 6) is -0.317. The molecule has 3 fully saturated rings. The molecular formula is C62H105NO18. The molecule has 81 heavy (non-hydrogen) atoms. The van der Waals surface area contributed by atoms with E-state index in [2.05, 4.69) is 92.1 Å². The quantitative estimate of drug-likeness (QED) is 0.0261. The number of aliphatic hydroxyl groups excluding tert-OH is 11. The number of hydrogen-bond donors (Lipinski definition) is 12. The van der Waals surface area contributed by atoms with Crippen molar-refractivity contribution in [3.63, 3.8) is 0 Å². The second kappa shape index (κ2) is 44.4. The summed E-state index contributed by atoms with van der Waals surface area (Å²) < 4.78 is 34.2. The van der Waals surface area contributed by atoms with Crippen LogP contribution in [0, 0.1) is 0 Å². The van der Waals surface area contributed by atoms with Crippen LogP contribution in [0.3, 0.4) is 0 Å². The predicted molar refractivity (Wildman–Crippen MR) is 309 cm³/mol. The largest absolute Gasteiger partial charge is 0.394 e. The van der Waals surface area contributed by atoms with Crippen LogP contribution in [0.1, 0.15) is 168 Å². The monoisotopic (exact) mass is 1150 g/mol. The third-order valence-electron chi connectivity index (χ3n) is 14.7. The lowest BCUT2D eigenvalue weighted by molar-refractivity contribution is -0.379. The predicted octanol–water partition coefficient (Wildman–Crippen LogP) is 5.59. The van der Waals surface area contributed by atoms with Crippen LogP contribution < -0.4 is 5.32 Å². The fourth-order valence-corrected chi connectivity index (χ4v) is 9.68. The maximum atomic E-state index is 13.3. The highest BCUT2D eigenvalue weighted by Gasteiger charge is 2.53. The van der Waals surface area contributed by atoms with E-state index in [0.717, 1.165) is 77.0 Å². The zero-order valence-corrected chi connectivity index (χ0v) is 48.5. The standard InChI is InChI=1S/C62H105NO18/c1-3-5-7-9-11-13-15-17-19-21-22-24-25-27-29-31-33-35-37-39-46(67)45(63-50(68)40-38-36-34-32-30-28-26-23-20-18-16-14-12-10-8-6-4-2)44-76-60-56(74)53(71)58(48(42-65)78-60)81-62-57(75)54(72)59(49(43-66)79-62)80-61-55(73)52(70)51(69)47(41-64)77-61/h6,8,12,14,18,20,22,24,26,28-29,31,37,39,45-49,51-62,64-67,69-75H,3-5,7,9-11,13,15-17,19,21,23,25,27,30,32-36,38,40-44H2,1-2H3,(H,63,68)/b8-6-,14-12-,20-18-,24-22+,28-26-,31-29+,39-37+. The lowest BCUT2D eigenvalue weighted by Crippen LogP contribution is -2.66. The van der Waals surface area contributed by atoms with E-state index in [1.807, 2.05) is 6.08 Å². The molecule has 17 unspecified atom stereocenters. The molecule has 3 heterocycles. The zero-order chi connectivity index (χ0) is 59.0. The molecule has 3 rings (SSSR count). The summed E-state index contributed by atoms with van der Waals surface area (Å²) in [7, 11) is 0. The Morgan fingerprint density at radius 2 is 0.864 bits per heavy atom. The van der Waals surface area contributed by atoms with Gasteiger partial charge in [0, 0.05) is 6.42 Å². The first-order chi connectivity index (χ1) is 39.3. The van der Waals surface area contributed by atoms with E-state index in [1.165, 1.54) is 57.8 Å². The number of ether oxygens (including phenoxy) is 6. The molecule has 0 radical (unpaired) electrons. The molecule has 3 aliphatic rings. The van der Waals surface area contributed by atoms with Crippen LogP contribution in [0.4, 0.5) is 0 Å². The number of allylic oxidation sites excluding steroid dienone is 13. The van der Waals surface area contributed by atoms with E-state index in [4.69, 9.17) is 28.4 Å². The number of nitrogens with one attached hydrogen (secondary N) is 1. The molecule has 3 aliphatic heterocycles. The van der Waals surface area contributed by atoms with Crippen molar-refractivity contribution in [1.29, 1.82) is 0 Å². The van der Waals surface area contributed by atoms with Crippen LogP contribution in [0.15, 0.2) is 85.1 Å². The van der Waals surface area contributed by atoms with Gasteiger partial charge in [-0.1, -0.05) is 163 Å². The number of amides is 1. The van der Waals surface area contributed by atoms with E-state index in [1.54, 1.807) is 6.08 Å². The van der Waals surface area contributed by atoms with Gasteiger partial charge in [0.1, 0.15) is 73.2 Å². The number of unbranched alkanes of at least 4 members (excludes halogenated alkanes) is 15. The Hall–Kier alpha value is -3.03. The summed E-state index contributed by atoms with van der Waals surface area (Å²) in [4.78, 5) is 13.3. The first-order valence-electron chi connectivity index (χ1n) is 30.3. The van der Waals surface area contributed by atoms with Crippen molar-refractivity contribution in [2.24, 2.45) is 0 Å². The van der Waals surface area contributed by atoms with E-state index in [-0.39, 0.29) is 18.9 Å². The normalized spacial score (nSPS) is 30.4. The van der Waals surface area contributed by atoms with Crippen LogP contribution in [0.5, 0.6) is 0 Å². The van der Waals surface area contributed by atoms with E-state index < -0.39 is 124 Å². The van der Waals surface area contributed by atoms with Crippen LogP contribution in [-0.2, 0) is 33.2 Å². The summed E-state index contributed by atoms with van der Waals surface area (Å²) in [5, 5.41) is 120. The highest BCUT2D eigenvalue weighted by atomic mass is 16.8. The number of hydrogen-bond acceptors (Lipinski definition) is 18. The van der Waals surface area contributed by atoms with Gasteiger partial charge in [0.05, 0.1) is 38.6 Å². The summed E-state index contributed by atoms with van der Waals surface area (Å²) in [6.45, 7) is 1.54. The van der Waals surface area contributed by atoms with Crippen LogP contribution in [-0.4, -0.2) is 193 Å². The third-order valence-corrected chi connectivity index (χ3v) is 14.7. The Kier molecular flexibility index (Phi) is 39.6. The highest BCUT2D eigenvalue weighted by molar-refractivity contribution is 5.76. The molecule has 3 saturated heterocycles. The third kappa shape index (κ3) is 28.1. The summed E-state index contributed by atoms with van der Waals surface area (Å²) in [6, 6.07) is -1.01. The molecule has 19 nitrogen and oxygen atoms in total. The van der Waals surface area contributed by atoms with Crippen molar-refractivity contribution >= 4 is 5.91 Å². The average Bonchev–Trinajstić information content (AvgIpc) is 3.47. The maximum Gasteiger partial charge on any atom is 0.220 e. The molecule has 17 atom stereocenters. The summed E-state index contributed by atoms with van der Waals surface area (Å²) >= 11 is 0. The minimum Gasteiger partial charge on any atom is -0.394 e. The maximum absolute atomic E-state index is 13.3. The number of rotatable bonds is 43. The van der Waals surface area contributed by atoms with Gasteiger partial charge in [-0.05, 0) is 83.5 Å². The van der Waals surface area contributed by atoms with Crippen molar-refractivity contribution in [3.8, 4) is 0 Å². The lowest BCUT2D eigenvalue weighted by Gasteiger charge is -2.48. The molecule has 0 bridgehead atoms. The topological polar surface area (TPSA) is 307 Å². The molecule has 466 valence electrons. The molecular weight excluding hydrogens is 1050 g/mol. The first kappa shape index (κ1) is 72.2. The van der Waals surface area contributed by atoms with E-state index in [0.29, 0.717) is 12.8 Å². The van der Waals surface area contributed by atoms with Crippen molar-refractivity contribution in [1.82, 2.24) is 5.32 Å². The van der Waals surface area contributed by atoms with Gasteiger partial charge in [0.15, 0.2) is 18.9 Å². The molecule has 0 aromatic heterocycles. The summed E-state index contributed by atoms with van der Waals surface area (Å²) in [6.07, 6.45) is 27.0. The molecule has 12 N–H and O–H groups in total. The SMILES string of the molecule is CC/C=C\C/C=C\C/C=C\C/C=C\CCCCCCC(=O)NC(COC1OC(CO)C(OC2OC(CO)C(OC3OC(CO)C(O)C(O)C3O)C(O)C2O)C(O)C1O)C(O)/C=C/CC/C=C/CC/C=C/CCCCCCCCCCC. The van der Waals surface area contributed by atoms with Gasteiger partial charge in [-0.15, -0.1) is 0 Å². The number of carbonyl (C=O) groups is 1. The minimum atomic E-state index is -1.99. The summed E-state index contributed by atoms with van der Waals surface area (Å²) in [5.41, 5.74) is 0. The van der Waals surface area contributed by atoms with Crippen molar-refractivity contribution in [2.45, 2.75) is 272 Å². The molecule has 0 spiro atoms. The molecule has 0 aliphatic carbocycles. The molecule has 0 aromatic carbocycles. The Labute approximate surface area is 482 Å².